The molecular formula is C11H9BN4. The summed E-state index contributed by atoms with van der Waals surface area (Å²) in [6, 6.07) is 5.79. The van der Waals surface area contributed by atoms with Gasteiger partial charge in [-0.25, -0.2) is 0 Å². The molecule has 3 aromatic heterocycles. The molecule has 3 heterocycles. The van der Waals surface area contributed by atoms with Crippen LogP contribution in [-0.4, -0.2) is 21.9 Å². The number of aromatic amines is 1. The number of hydrogen-bond acceptors (Lipinski definition) is 3. The predicted octanol–water partition coefficient (Wildman–Crippen LogP) is 1.55. The predicted molar refractivity (Wildman–Crippen MR) is 65.1 cm³/mol. The molecule has 5 heteroatoms. The van der Waals surface area contributed by atoms with Crippen LogP contribution in [0.15, 0.2) is 36.3 Å². The van der Waals surface area contributed by atoms with E-state index in [1.807, 2.05) is 43.2 Å². The fraction of sp³-hybridized carbons (Fsp3) is 0. The van der Waals surface area contributed by atoms with E-state index in [9.17, 15) is 0 Å². The van der Waals surface area contributed by atoms with Crippen LogP contribution in [0.1, 0.15) is 0 Å². The minimum atomic E-state index is 0.505. The van der Waals surface area contributed by atoms with E-state index in [1.165, 1.54) is 0 Å². The Balaban J connectivity index is 2.25. The third-order valence-corrected chi connectivity index (χ3v) is 2.48. The van der Waals surface area contributed by atoms with Crippen molar-refractivity contribution in [1.82, 2.24) is 15.0 Å². The molecule has 0 radical (unpaired) electrons. The van der Waals surface area contributed by atoms with Gasteiger partial charge in [-0.15, -0.1) is 0 Å². The maximum absolute atomic E-state index is 5.87. The first-order chi connectivity index (χ1) is 7.84. The van der Waals surface area contributed by atoms with Crippen LogP contribution in [0, 0.1) is 0 Å². The number of rotatable bonds is 1. The quantitative estimate of drug-likeness (QED) is 0.637. The molecule has 0 fully saturated rings. The molecule has 0 saturated carbocycles. The Labute approximate surface area is 92.8 Å². The Kier molecular flexibility index (Phi) is 1.96. The van der Waals surface area contributed by atoms with Crippen LogP contribution in [0.2, 0.25) is 0 Å². The van der Waals surface area contributed by atoms with E-state index in [0.717, 1.165) is 16.6 Å². The molecule has 3 N–H and O–H groups in total. The van der Waals surface area contributed by atoms with Gasteiger partial charge in [0, 0.05) is 0 Å². The van der Waals surface area contributed by atoms with Gasteiger partial charge in [0.1, 0.15) is 0 Å². The summed E-state index contributed by atoms with van der Waals surface area (Å²) in [6.07, 6.45) is 1.81. The van der Waals surface area contributed by atoms with Crippen molar-refractivity contribution >= 4 is 23.8 Å². The summed E-state index contributed by atoms with van der Waals surface area (Å²) in [5.74, 6) is 5.07. The normalized spacial score (nSPS) is 10.5. The molecule has 16 heavy (non-hydrogen) atoms. The summed E-state index contributed by atoms with van der Waals surface area (Å²) in [5.41, 5.74) is 7.60. The van der Waals surface area contributed by atoms with Crippen LogP contribution in [-0.2, 0) is 0 Å². The Bertz CT molecular complexity index is 633. The van der Waals surface area contributed by atoms with E-state index in [4.69, 9.17) is 5.73 Å². The molecule has 0 spiro atoms. The van der Waals surface area contributed by atoms with Crippen LogP contribution in [0.25, 0.3) is 22.4 Å². The zero-order valence-corrected chi connectivity index (χ0v) is 8.51. The summed E-state index contributed by atoms with van der Waals surface area (Å²) in [7, 11) is 0. The SMILES string of the molecule is Nc1nc(-c2cbccc2)nc2[nH]ccc12. The van der Waals surface area contributed by atoms with Crippen LogP contribution in [0.3, 0.4) is 0 Å². The van der Waals surface area contributed by atoms with Gasteiger partial charge in [0.25, 0.3) is 0 Å². The van der Waals surface area contributed by atoms with Gasteiger partial charge in [-0.3, -0.25) is 0 Å². The fourth-order valence-corrected chi connectivity index (χ4v) is 1.68. The van der Waals surface area contributed by atoms with Crippen molar-refractivity contribution in [1.29, 1.82) is 0 Å². The van der Waals surface area contributed by atoms with Gasteiger partial charge in [-0.05, 0) is 0 Å². The summed E-state index contributed by atoms with van der Waals surface area (Å²) in [5, 5.41) is 0.861. The minimum absolute atomic E-state index is 0.505. The standard InChI is InChI=1S/C11H9BN4/c13-9-8-3-5-14-11(8)16-10(15-9)7-2-1-4-12-6-7/h1-6H,(H3,13,14,15,16). The van der Waals surface area contributed by atoms with Gasteiger partial charge in [-0.2, -0.15) is 0 Å². The van der Waals surface area contributed by atoms with E-state index < -0.39 is 0 Å². The molecule has 0 amide bonds. The Morgan fingerprint density at radius 3 is 3.00 bits per heavy atom. The first-order valence-electron chi connectivity index (χ1n) is 5.00. The summed E-state index contributed by atoms with van der Waals surface area (Å²) in [6.45, 7) is 1.95. The molecule has 0 aromatic carbocycles. The van der Waals surface area contributed by atoms with E-state index in [0.29, 0.717) is 11.6 Å². The number of anilines is 1. The van der Waals surface area contributed by atoms with E-state index in [1.54, 1.807) is 0 Å². The zero-order valence-electron chi connectivity index (χ0n) is 8.51. The van der Waals surface area contributed by atoms with Crippen LogP contribution < -0.4 is 5.73 Å². The Morgan fingerprint density at radius 2 is 2.19 bits per heavy atom. The maximum atomic E-state index is 5.87. The third kappa shape index (κ3) is 1.37. The van der Waals surface area contributed by atoms with Crippen molar-refractivity contribution in [3.63, 3.8) is 0 Å². The van der Waals surface area contributed by atoms with Crippen molar-refractivity contribution in [2.24, 2.45) is 0 Å². The fourth-order valence-electron chi connectivity index (χ4n) is 1.68. The molecular weight excluding hydrogens is 199 g/mol. The third-order valence-electron chi connectivity index (χ3n) is 2.48. The topological polar surface area (TPSA) is 67.6 Å². The van der Waals surface area contributed by atoms with Gasteiger partial charge in [0.05, 0.1) is 0 Å². The molecule has 3 rings (SSSR count). The summed E-state index contributed by atoms with van der Waals surface area (Å²) in [4.78, 5) is 11.7. The number of nitrogens with zero attached hydrogens (tertiary/aromatic N) is 2. The van der Waals surface area contributed by atoms with Gasteiger partial charge in [-0.1, -0.05) is 0 Å². The molecule has 0 aliphatic carbocycles. The number of nitrogens with two attached hydrogens (primary N) is 1. The van der Waals surface area contributed by atoms with Crippen molar-refractivity contribution in [2.45, 2.75) is 0 Å². The van der Waals surface area contributed by atoms with E-state index in [-0.39, 0.29) is 0 Å². The van der Waals surface area contributed by atoms with Gasteiger partial charge in [0.15, 0.2) is 0 Å². The van der Waals surface area contributed by atoms with E-state index in [2.05, 4.69) is 15.0 Å². The average molecular weight is 208 g/mol. The number of H-pyrrole nitrogens is 1. The molecule has 0 atom stereocenters. The number of nitrogens with one attached hydrogen (secondary N) is 1. The average Bonchev–Trinajstić information content (AvgIpc) is 2.79. The van der Waals surface area contributed by atoms with Crippen molar-refractivity contribution < 1.29 is 0 Å². The second-order valence-electron chi connectivity index (χ2n) is 3.54. The van der Waals surface area contributed by atoms with Crippen molar-refractivity contribution in [3.8, 4) is 11.4 Å². The summed E-state index contributed by atoms with van der Waals surface area (Å²) >= 11 is 0. The molecule has 0 unspecified atom stereocenters. The number of fused-ring (bicyclic) bond motifs is 1. The van der Waals surface area contributed by atoms with Gasteiger partial charge < -0.3 is 0 Å². The summed E-state index contributed by atoms with van der Waals surface area (Å²) < 4.78 is 0. The first kappa shape index (κ1) is 9.09. The van der Waals surface area contributed by atoms with Crippen LogP contribution in [0.4, 0.5) is 5.82 Å². The molecule has 4 nitrogen and oxygen atoms in total. The number of nitrogen functional groups attached to an aromatic ring is 1. The molecule has 3 aromatic rings. The van der Waals surface area contributed by atoms with Gasteiger partial charge >= 0.3 is 92.2 Å². The van der Waals surface area contributed by atoms with Crippen LogP contribution in [0.5, 0.6) is 0 Å². The van der Waals surface area contributed by atoms with E-state index >= 15 is 0 Å². The van der Waals surface area contributed by atoms with Crippen molar-refractivity contribution in [3.05, 3.63) is 36.3 Å². The Hall–Kier alpha value is -2.17. The number of aromatic nitrogens is 3. The zero-order chi connectivity index (χ0) is 11.0. The van der Waals surface area contributed by atoms with Gasteiger partial charge in [0.2, 0.25) is 0 Å². The molecule has 0 aliphatic heterocycles. The molecule has 0 saturated heterocycles. The monoisotopic (exact) mass is 208 g/mol. The molecule has 76 valence electrons. The number of hydrogen-bond donors (Lipinski definition) is 2. The van der Waals surface area contributed by atoms with Crippen molar-refractivity contribution in [2.75, 3.05) is 5.73 Å². The molecule has 0 aliphatic rings. The second kappa shape index (κ2) is 3.45. The van der Waals surface area contributed by atoms with Crippen LogP contribution >= 0.6 is 0 Å². The first-order valence-corrected chi connectivity index (χ1v) is 5.00. The molecule has 0 bridgehead atoms. The second-order valence-corrected chi connectivity index (χ2v) is 3.54. The Morgan fingerprint density at radius 1 is 1.25 bits per heavy atom.